The fraction of sp³-hybridized carbons (Fsp3) is 0.143. The highest BCUT2D eigenvalue weighted by Gasteiger charge is 2.07. The molecule has 1 aromatic carbocycles. The minimum Gasteiger partial charge on any atom is -0.492 e. The van der Waals surface area contributed by atoms with Gasteiger partial charge in [0.2, 0.25) is 0 Å². The highest BCUT2D eigenvalue weighted by atomic mass is 16.5. The van der Waals surface area contributed by atoms with E-state index in [1.54, 1.807) is 6.20 Å². The van der Waals surface area contributed by atoms with Gasteiger partial charge in [-0.15, -0.1) is 0 Å². The van der Waals surface area contributed by atoms with Crippen LogP contribution in [0, 0.1) is 6.92 Å². The Morgan fingerprint density at radius 1 is 0.960 bits per heavy atom. The average Bonchev–Trinajstić information content (AvgIpc) is 3.05. The molecule has 4 aromatic rings. The number of aromatic nitrogens is 3. The van der Waals surface area contributed by atoms with Crippen LogP contribution in [-0.4, -0.2) is 21.6 Å². The van der Waals surface area contributed by atoms with Crippen molar-refractivity contribution in [1.82, 2.24) is 15.0 Å². The number of hydrogen-bond donors (Lipinski definition) is 1. The Balaban J connectivity index is 1.74. The molecule has 0 radical (unpaired) electrons. The predicted octanol–water partition coefficient (Wildman–Crippen LogP) is 5.00. The lowest BCUT2D eigenvalue weighted by Crippen LogP contribution is -1.92. The van der Waals surface area contributed by atoms with Crippen molar-refractivity contribution in [2.75, 3.05) is 6.61 Å². The van der Waals surface area contributed by atoms with Crippen LogP contribution in [0.25, 0.3) is 33.3 Å². The van der Waals surface area contributed by atoms with Crippen LogP contribution < -0.4 is 4.74 Å². The largest absolute Gasteiger partial charge is 0.492 e. The summed E-state index contributed by atoms with van der Waals surface area (Å²) in [6.07, 6.45) is 5.45. The predicted molar refractivity (Wildman–Crippen MR) is 101 cm³/mol. The summed E-state index contributed by atoms with van der Waals surface area (Å²) >= 11 is 0. The minimum absolute atomic E-state index is 0.636. The topological polar surface area (TPSA) is 50.8 Å². The van der Waals surface area contributed by atoms with Crippen LogP contribution in [0.4, 0.5) is 0 Å². The molecule has 4 heteroatoms. The Morgan fingerprint density at radius 3 is 2.72 bits per heavy atom. The van der Waals surface area contributed by atoms with Crippen molar-refractivity contribution >= 4 is 10.9 Å². The molecule has 0 atom stereocenters. The quantitative estimate of drug-likeness (QED) is 0.573. The van der Waals surface area contributed by atoms with Gasteiger partial charge in [0.1, 0.15) is 5.75 Å². The van der Waals surface area contributed by atoms with Crippen molar-refractivity contribution in [3.63, 3.8) is 0 Å². The van der Waals surface area contributed by atoms with Crippen LogP contribution in [0.3, 0.4) is 0 Å². The van der Waals surface area contributed by atoms with Crippen LogP contribution in [0.5, 0.6) is 5.75 Å². The molecule has 0 amide bonds. The van der Waals surface area contributed by atoms with Gasteiger partial charge in [-0.1, -0.05) is 6.07 Å². The van der Waals surface area contributed by atoms with Crippen LogP contribution in [0.15, 0.2) is 61.1 Å². The zero-order chi connectivity index (χ0) is 17.2. The highest BCUT2D eigenvalue weighted by molar-refractivity contribution is 5.89. The zero-order valence-corrected chi connectivity index (χ0v) is 14.3. The molecule has 4 nitrogen and oxygen atoms in total. The SMILES string of the molecule is CCOc1cncc(-c2ccc3[nH]c(-c4ccnc(C)c4)cc3c2)c1. The Morgan fingerprint density at radius 2 is 1.88 bits per heavy atom. The van der Waals surface area contributed by atoms with E-state index in [2.05, 4.69) is 45.3 Å². The van der Waals surface area contributed by atoms with E-state index in [1.165, 1.54) is 5.39 Å². The number of H-pyrrole nitrogens is 1. The van der Waals surface area contributed by atoms with Crippen molar-refractivity contribution in [3.8, 4) is 28.1 Å². The summed E-state index contributed by atoms with van der Waals surface area (Å²) in [7, 11) is 0. The Bertz CT molecular complexity index is 1040. The number of aromatic amines is 1. The zero-order valence-electron chi connectivity index (χ0n) is 14.3. The van der Waals surface area contributed by atoms with Crippen LogP contribution in [0.2, 0.25) is 0 Å². The van der Waals surface area contributed by atoms with E-state index >= 15 is 0 Å². The molecular formula is C21H19N3O. The van der Waals surface area contributed by atoms with Crippen LogP contribution in [0.1, 0.15) is 12.6 Å². The van der Waals surface area contributed by atoms with Gasteiger partial charge in [-0.05, 0) is 55.8 Å². The molecule has 124 valence electrons. The maximum Gasteiger partial charge on any atom is 0.138 e. The van der Waals surface area contributed by atoms with Gasteiger partial charge in [0, 0.05) is 45.8 Å². The van der Waals surface area contributed by atoms with E-state index in [0.717, 1.165) is 39.3 Å². The summed E-state index contributed by atoms with van der Waals surface area (Å²) < 4.78 is 5.55. The number of ether oxygens (including phenoxy) is 1. The van der Waals surface area contributed by atoms with E-state index in [1.807, 2.05) is 38.4 Å². The van der Waals surface area contributed by atoms with Crippen molar-refractivity contribution in [2.24, 2.45) is 0 Å². The molecular weight excluding hydrogens is 310 g/mol. The third-order valence-electron chi connectivity index (χ3n) is 4.19. The first kappa shape index (κ1) is 15.4. The number of aryl methyl sites for hydroxylation is 1. The van der Waals surface area contributed by atoms with Crippen LogP contribution in [-0.2, 0) is 0 Å². The van der Waals surface area contributed by atoms with Crippen molar-refractivity contribution in [2.45, 2.75) is 13.8 Å². The Labute approximate surface area is 146 Å². The second kappa shape index (κ2) is 6.40. The lowest BCUT2D eigenvalue weighted by Gasteiger charge is -2.05. The van der Waals surface area contributed by atoms with Crippen molar-refractivity contribution < 1.29 is 4.74 Å². The standard InChI is InChI=1S/C21H19N3O/c1-3-25-19-10-18(12-22-13-19)15-4-5-20-17(9-15)11-21(24-20)16-6-7-23-14(2)8-16/h4-13,24H,3H2,1-2H3. The minimum atomic E-state index is 0.636. The molecule has 0 spiro atoms. The average molecular weight is 329 g/mol. The second-order valence-electron chi connectivity index (χ2n) is 6.01. The van der Waals surface area contributed by atoms with Crippen molar-refractivity contribution in [3.05, 3.63) is 66.7 Å². The van der Waals surface area contributed by atoms with Gasteiger partial charge >= 0.3 is 0 Å². The summed E-state index contributed by atoms with van der Waals surface area (Å²) in [5.74, 6) is 0.794. The summed E-state index contributed by atoms with van der Waals surface area (Å²) in [5.41, 5.74) is 6.54. The molecule has 0 aliphatic rings. The molecule has 0 bridgehead atoms. The molecule has 0 saturated carbocycles. The molecule has 0 unspecified atom stereocenters. The number of nitrogens with one attached hydrogen (secondary N) is 1. The molecule has 0 fully saturated rings. The molecule has 25 heavy (non-hydrogen) atoms. The molecule has 0 aliphatic heterocycles. The first-order chi connectivity index (χ1) is 12.2. The second-order valence-corrected chi connectivity index (χ2v) is 6.01. The molecule has 1 N–H and O–H groups in total. The maximum absolute atomic E-state index is 5.55. The van der Waals surface area contributed by atoms with Crippen molar-refractivity contribution in [1.29, 1.82) is 0 Å². The summed E-state index contributed by atoms with van der Waals surface area (Å²) in [6, 6.07) is 14.7. The fourth-order valence-corrected chi connectivity index (χ4v) is 3.00. The first-order valence-corrected chi connectivity index (χ1v) is 8.37. The smallest absolute Gasteiger partial charge is 0.138 e. The van der Waals surface area contributed by atoms with E-state index in [9.17, 15) is 0 Å². The van der Waals surface area contributed by atoms with Crippen LogP contribution >= 0.6 is 0 Å². The summed E-state index contributed by atoms with van der Waals surface area (Å²) in [6.45, 7) is 4.61. The Kier molecular flexibility index (Phi) is 3.94. The molecule has 3 heterocycles. The van der Waals surface area contributed by atoms with Gasteiger partial charge in [-0.2, -0.15) is 0 Å². The lowest BCUT2D eigenvalue weighted by molar-refractivity contribution is 0.339. The van der Waals surface area contributed by atoms with E-state index in [-0.39, 0.29) is 0 Å². The van der Waals surface area contributed by atoms with Gasteiger partial charge < -0.3 is 9.72 Å². The lowest BCUT2D eigenvalue weighted by atomic mass is 10.1. The van der Waals surface area contributed by atoms with Gasteiger partial charge in [-0.3, -0.25) is 9.97 Å². The van der Waals surface area contributed by atoms with Gasteiger partial charge in [-0.25, -0.2) is 0 Å². The number of benzene rings is 1. The van der Waals surface area contributed by atoms with Gasteiger partial charge in [0.25, 0.3) is 0 Å². The maximum atomic E-state index is 5.55. The number of pyridine rings is 2. The number of fused-ring (bicyclic) bond motifs is 1. The monoisotopic (exact) mass is 329 g/mol. The van der Waals surface area contributed by atoms with Gasteiger partial charge in [0.15, 0.2) is 0 Å². The van der Waals surface area contributed by atoms with Gasteiger partial charge in [0.05, 0.1) is 12.8 Å². The number of rotatable bonds is 4. The van der Waals surface area contributed by atoms with E-state index in [0.29, 0.717) is 6.61 Å². The third kappa shape index (κ3) is 3.11. The molecule has 0 aliphatic carbocycles. The van der Waals surface area contributed by atoms with E-state index in [4.69, 9.17) is 4.74 Å². The number of hydrogen-bond acceptors (Lipinski definition) is 3. The third-order valence-corrected chi connectivity index (χ3v) is 4.19. The normalized spacial score (nSPS) is 11.0. The summed E-state index contributed by atoms with van der Waals surface area (Å²) in [4.78, 5) is 12.0. The highest BCUT2D eigenvalue weighted by Crippen LogP contribution is 2.29. The molecule has 3 aromatic heterocycles. The fourth-order valence-electron chi connectivity index (χ4n) is 3.00. The number of nitrogens with zero attached hydrogens (tertiary/aromatic N) is 2. The summed E-state index contributed by atoms with van der Waals surface area (Å²) in [5, 5.41) is 1.17. The molecule has 4 rings (SSSR count). The van der Waals surface area contributed by atoms with E-state index < -0.39 is 0 Å². The molecule has 0 saturated heterocycles. The Hall–Kier alpha value is -3.14. The first-order valence-electron chi connectivity index (χ1n) is 8.37.